The van der Waals surface area contributed by atoms with Crippen LogP contribution in [-0.2, 0) is 0 Å². The number of hydrogen-bond acceptors (Lipinski definition) is 8. The third-order valence-electron chi connectivity index (χ3n) is 4.92. The molecule has 0 radical (unpaired) electrons. The minimum absolute atomic E-state index is 0.0982. The van der Waals surface area contributed by atoms with Crippen molar-refractivity contribution in [1.82, 2.24) is 9.97 Å². The maximum Gasteiger partial charge on any atom is 0.222 e. The van der Waals surface area contributed by atoms with Gasteiger partial charge in [-0.05, 0) is 25.0 Å². The molecular formula is C20H25N5O3. The molecule has 0 bridgehead atoms. The minimum atomic E-state index is 0.0982. The summed E-state index contributed by atoms with van der Waals surface area (Å²) in [5.41, 5.74) is 7.36. The molecule has 1 aromatic carbocycles. The summed E-state index contributed by atoms with van der Waals surface area (Å²) in [6.07, 6.45) is 5.67. The molecule has 1 heterocycles. The average molecular weight is 383 g/mol. The Labute approximate surface area is 164 Å². The highest BCUT2D eigenvalue weighted by Crippen LogP contribution is 2.42. The molecule has 1 aliphatic rings. The molecule has 8 nitrogen and oxygen atoms in total. The van der Waals surface area contributed by atoms with Gasteiger partial charge in [0.15, 0.2) is 11.5 Å². The number of nitrogen functional groups attached to an aromatic ring is 1. The van der Waals surface area contributed by atoms with Crippen LogP contribution in [0.4, 0.5) is 11.8 Å². The lowest BCUT2D eigenvalue weighted by atomic mass is 9.95. The van der Waals surface area contributed by atoms with Gasteiger partial charge in [-0.1, -0.05) is 19.3 Å². The maximum atomic E-state index is 9.84. The lowest BCUT2D eigenvalue weighted by Crippen LogP contribution is -2.24. The molecule has 3 rings (SSSR count). The van der Waals surface area contributed by atoms with E-state index >= 15 is 0 Å². The molecule has 1 fully saturated rings. The van der Waals surface area contributed by atoms with E-state index in [-0.39, 0.29) is 12.0 Å². The monoisotopic (exact) mass is 383 g/mol. The van der Waals surface area contributed by atoms with Crippen molar-refractivity contribution >= 4 is 11.8 Å². The number of methoxy groups -OCH3 is 3. The Balaban J connectivity index is 2.10. The molecular weight excluding hydrogens is 358 g/mol. The lowest BCUT2D eigenvalue weighted by molar-refractivity contribution is 0.324. The van der Waals surface area contributed by atoms with E-state index in [1.807, 2.05) is 0 Å². The molecule has 3 N–H and O–H groups in total. The highest BCUT2D eigenvalue weighted by Gasteiger charge is 2.22. The number of nitriles is 1. The van der Waals surface area contributed by atoms with Crippen LogP contribution in [0.3, 0.4) is 0 Å². The number of hydrogen-bond donors (Lipinski definition) is 2. The van der Waals surface area contributed by atoms with Crippen LogP contribution in [0.15, 0.2) is 12.1 Å². The molecule has 0 aliphatic heterocycles. The van der Waals surface area contributed by atoms with Crippen molar-refractivity contribution in [2.75, 3.05) is 32.4 Å². The summed E-state index contributed by atoms with van der Waals surface area (Å²) in [7, 11) is 4.61. The van der Waals surface area contributed by atoms with E-state index in [4.69, 9.17) is 19.9 Å². The van der Waals surface area contributed by atoms with E-state index in [2.05, 4.69) is 21.4 Å². The van der Waals surface area contributed by atoms with Gasteiger partial charge in [-0.15, -0.1) is 0 Å². The summed E-state index contributed by atoms with van der Waals surface area (Å²) in [6, 6.07) is 6.00. The molecule has 8 heteroatoms. The zero-order valence-corrected chi connectivity index (χ0v) is 16.4. The van der Waals surface area contributed by atoms with Crippen molar-refractivity contribution in [1.29, 1.82) is 5.26 Å². The number of ether oxygens (including phenoxy) is 3. The average Bonchev–Trinajstić information content (AvgIpc) is 2.72. The summed E-state index contributed by atoms with van der Waals surface area (Å²) in [5.74, 6) is 1.97. The van der Waals surface area contributed by atoms with Crippen molar-refractivity contribution in [2.45, 2.75) is 38.1 Å². The summed E-state index contributed by atoms with van der Waals surface area (Å²) in [6.45, 7) is 0. The zero-order valence-electron chi connectivity index (χ0n) is 16.4. The van der Waals surface area contributed by atoms with Crippen molar-refractivity contribution in [3.63, 3.8) is 0 Å². The fraction of sp³-hybridized carbons (Fsp3) is 0.450. The van der Waals surface area contributed by atoms with E-state index in [0.29, 0.717) is 39.9 Å². The van der Waals surface area contributed by atoms with Gasteiger partial charge < -0.3 is 25.3 Å². The molecule has 0 unspecified atom stereocenters. The van der Waals surface area contributed by atoms with Crippen molar-refractivity contribution in [3.8, 4) is 34.6 Å². The predicted molar refractivity (Wildman–Crippen MR) is 107 cm³/mol. The molecule has 1 saturated carbocycles. The number of nitrogens with zero attached hydrogens (tertiary/aromatic N) is 3. The molecule has 148 valence electrons. The third kappa shape index (κ3) is 3.88. The summed E-state index contributed by atoms with van der Waals surface area (Å²) >= 11 is 0. The molecule has 0 saturated heterocycles. The quantitative estimate of drug-likeness (QED) is 0.780. The van der Waals surface area contributed by atoms with E-state index in [0.717, 1.165) is 12.8 Å². The van der Waals surface area contributed by atoms with Gasteiger partial charge in [-0.2, -0.15) is 10.2 Å². The number of nitrogens with one attached hydrogen (secondary N) is 1. The largest absolute Gasteiger partial charge is 0.493 e. The number of aromatic nitrogens is 2. The second kappa shape index (κ2) is 8.65. The van der Waals surface area contributed by atoms with Crippen LogP contribution in [0, 0.1) is 11.3 Å². The number of rotatable bonds is 6. The fourth-order valence-corrected chi connectivity index (χ4v) is 3.56. The van der Waals surface area contributed by atoms with Crippen molar-refractivity contribution < 1.29 is 14.2 Å². The Morgan fingerprint density at radius 3 is 2.21 bits per heavy atom. The van der Waals surface area contributed by atoms with Gasteiger partial charge in [-0.25, -0.2) is 4.98 Å². The van der Waals surface area contributed by atoms with Crippen LogP contribution in [0.25, 0.3) is 11.3 Å². The normalized spacial score (nSPS) is 14.2. The van der Waals surface area contributed by atoms with Gasteiger partial charge >= 0.3 is 0 Å². The molecule has 0 spiro atoms. The lowest BCUT2D eigenvalue weighted by Gasteiger charge is -2.24. The van der Waals surface area contributed by atoms with E-state index in [1.54, 1.807) is 12.1 Å². The molecule has 1 aromatic heterocycles. The smallest absolute Gasteiger partial charge is 0.222 e. The second-order valence-corrected chi connectivity index (χ2v) is 6.66. The second-order valence-electron chi connectivity index (χ2n) is 6.66. The van der Waals surface area contributed by atoms with Gasteiger partial charge in [0.05, 0.1) is 27.0 Å². The van der Waals surface area contributed by atoms with Gasteiger partial charge in [0.1, 0.15) is 17.5 Å². The zero-order chi connectivity index (χ0) is 20.1. The minimum Gasteiger partial charge on any atom is -0.493 e. The molecule has 2 aromatic rings. The Hall–Kier alpha value is -3.21. The topological polar surface area (TPSA) is 115 Å². The summed E-state index contributed by atoms with van der Waals surface area (Å²) in [4.78, 5) is 8.62. The van der Waals surface area contributed by atoms with Crippen molar-refractivity contribution in [2.24, 2.45) is 0 Å². The Morgan fingerprint density at radius 1 is 1.04 bits per heavy atom. The van der Waals surface area contributed by atoms with Gasteiger partial charge in [0, 0.05) is 11.6 Å². The highest BCUT2D eigenvalue weighted by atomic mass is 16.5. The van der Waals surface area contributed by atoms with E-state index in [9.17, 15) is 5.26 Å². The van der Waals surface area contributed by atoms with Crippen LogP contribution in [0.1, 0.15) is 37.7 Å². The Morgan fingerprint density at radius 2 is 1.68 bits per heavy atom. The SMILES string of the molecule is COc1cc(-c2nc(N)nc(NC3CCCCC3)c2C#N)cc(OC)c1OC. The van der Waals surface area contributed by atoms with Crippen LogP contribution in [0.5, 0.6) is 17.2 Å². The maximum absolute atomic E-state index is 9.84. The van der Waals surface area contributed by atoms with Crippen LogP contribution < -0.4 is 25.3 Å². The third-order valence-corrected chi connectivity index (χ3v) is 4.92. The molecule has 1 aliphatic carbocycles. The van der Waals surface area contributed by atoms with Gasteiger partial charge in [-0.3, -0.25) is 0 Å². The first-order valence-corrected chi connectivity index (χ1v) is 9.25. The van der Waals surface area contributed by atoms with Crippen LogP contribution in [0.2, 0.25) is 0 Å². The first kappa shape index (κ1) is 19.5. The predicted octanol–water partition coefficient (Wildman–Crippen LogP) is 3.37. The van der Waals surface area contributed by atoms with Crippen LogP contribution >= 0.6 is 0 Å². The highest BCUT2D eigenvalue weighted by molar-refractivity contribution is 5.77. The first-order chi connectivity index (χ1) is 13.6. The molecule has 0 amide bonds. The standard InChI is InChI=1S/C20H25N5O3/c1-26-15-9-12(10-16(27-2)18(15)28-3)17-14(11-21)19(25-20(22)24-17)23-13-7-5-4-6-8-13/h9-10,13H,4-8H2,1-3H3,(H3,22,23,24,25). The van der Waals surface area contributed by atoms with Gasteiger partial charge in [0.2, 0.25) is 11.7 Å². The first-order valence-electron chi connectivity index (χ1n) is 9.25. The Kier molecular flexibility index (Phi) is 6.04. The molecule has 28 heavy (non-hydrogen) atoms. The Bertz CT molecular complexity index is 863. The number of anilines is 2. The number of nitrogens with two attached hydrogens (primary N) is 1. The summed E-state index contributed by atoms with van der Waals surface area (Å²) < 4.78 is 16.2. The van der Waals surface area contributed by atoms with Crippen molar-refractivity contribution in [3.05, 3.63) is 17.7 Å². The van der Waals surface area contributed by atoms with E-state index in [1.165, 1.54) is 40.6 Å². The van der Waals surface area contributed by atoms with Gasteiger partial charge in [0.25, 0.3) is 0 Å². The van der Waals surface area contributed by atoms with Crippen LogP contribution in [-0.4, -0.2) is 37.3 Å². The fourth-order valence-electron chi connectivity index (χ4n) is 3.56. The van der Waals surface area contributed by atoms with E-state index < -0.39 is 0 Å². The molecule has 0 atom stereocenters. The number of benzene rings is 1. The summed E-state index contributed by atoms with van der Waals surface area (Å²) in [5, 5.41) is 13.2.